The molecule has 254 valence electrons. The molecule has 0 bridgehead atoms. The molecule has 0 radical (unpaired) electrons. The van der Waals surface area contributed by atoms with Gasteiger partial charge in [-0.15, -0.1) is 11.3 Å². The van der Waals surface area contributed by atoms with Gasteiger partial charge in [0.1, 0.15) is 41.3 Å². The Balaban J connectivity index is 1.41. The smallest absolute Gasteiger partial charge is 0.417 e. The maximum absolute atomic E-state index is 16.9. The molecule has 3 fully saturated rings. The minimum Gasteiger partial charge on any atom is -0.472 e. The number of alkyl halides is 4. The van der Waals surface area contributed by atoms with Gasteiger partial charge in [-0.25, -0.2) is 13.2 Å². The number of fused-ring (bicyclic) bond motifs is 3. The van der Waals surface area contributed by atoms with E-state index in [1.165, 1.54) is 7.11 Å². The molecule has 3 aliphatic rings. The second-order valence-electron chi connectivity index (χ2n) is 12.5. The molecule has 48 heavy (non-hydrogen) atoms. The van der Waals surface area contributed by atoms with E-state index >= 15 is 4.39 Å². The number of benzene rings is 2. The van der Waals surface area contributed by atoms with E-state index in [9.17, 15) is 27.2 Å². The Labute approximate surface area is 274 Å². The number of hydrogen-bond donors (Lipinski definition) is 2. The van der Waals surface area contributed by atoms with Gasteiger partial charge in [-0.3, -0.25) is 4.90 Å². The van der Waals surface area contributed by atoms with E-state index in [1.54, 1.807) is 0 Å². The van der Waals surface area contributed by atoms with Crippen LogP contribution < -0.4 is 20.5 Å². The third-order valence-electron chi connectivity index (χ3n) is 9.44. The zero-order valence-corrected chi connectivity index (χ0v) is 26.4. The lowest BCUT2D eigenvalue weighted by Gasteiger charge is -2.30. The van der Waals surface area contributed by atoms with Crippen LogP contribution in [0.3, 0.4) is 0 Å². The summed E-state index contributed by atoms with van der Waals surface area (Å²) in [7, 11) is 1.54. The highest BCUT2D eigenvalue weighted by Gasteiger charge is 2.49. The first-order chi connectivity index (χ1) is 22.9. The first-order valence-corrected chi connectivity index (χ1v) is 16.2. The summed E-state index contributed by atoms with van der Waals surface area (Å²) in [5, 5.41) is 12.3. The third-order valence-corrected chi connectivity index (χ3v) is 10.5. The second kappa shape index (κ2) is 12.2. The second-order valence-corrected chi connectivity index (χ2v) is 13.5. The van der Waals surface area contributed by atoms with Crippen LogP contribution in [0.25, 0.3) is 32.1 Å². The van der Waals surface area contributed by atoms with Crippen LogP contribution in [0.1, 0.15) is 36.8 Å². The Morgan fingerprint density at radius 1 is 1.25 bits per heavy atom. The molecule has 16 heteroatoms. The maximum Gasteiger partial charge on any atom is 0.417 e. The molecule has 0 aliphatic carbocycles. The van der Waals surface area contributed by atoms with E-state index in [0.717, 1.165) is 18.6 Å². The highest BCUT2D eigenvalue weighted by molar-refractivity contribution is 7.23. The van der Waals surface area contributed by atoms with Gasteiger partial charge in [0.05, 0.1) is 33.4 Å². The number of anilines is 1. The lowest BCUT2D eigenvalue weighted by Crippen LogP contribution is -2.43. The minimum atomic E-state index is -5.11. The number of nitrogens with two attached hydrogens (primary N) is 1. The van der Waals surface area contributed by atoms with E-state index in [-0.39, 0.29) is 69.1 Å². The van der Waals surface area contributed by atoms with Crippen molar-refractivity contribution in [1.82, 2.24) is 20.2 Å². The van der Waals surface area contributed by atoms with Crippen molar-refractivity contribution in [2.24, 2.45) is 0 Å². The largest absolute Gasteiger partial charge is 0.472 e. The first-order valence-electron chi connectivity index (χ1n) is 15.4. The molecule has 3 N–H and O–H groups in total. The molecular formula is C32H30F6N6O3S. The fourth-order valence-electron chi connectivity index (χ4n) is 7.34. The number of nitrogens with one attached hydrogen (secondary N) is 1. The van der Waals surface area contributed by atoms with Gasteiger partial charge in [0, 0.05) is 50.0 Å². The van der Waals surface area contributed by atoms with Crippen molar-refractivity contribution in [3.8, 4) is 29.1 Å². The van der Waals surface area contributed by atoms with Gasteiger partial charge in [-0.1, -0.05) is 6.07 Å². The predicted octanol–water partition coefficient (Wildman–Crippen LogP) is 5.97. The summed E-state index contributed by atoms with van der Waals surface area (Å²) in [5.74, 6) is -2.55. The molecule has 4 atom stereocenters. The Morgan fingerprint density at radius 3 is 2.81 bits per heavy atom. The monoisotopic (exact) mass is 692 g/mol. The van der Waals surface area contributed by atoms with Crippen LogP contribution in [-0.2, 0) is 10.9 Å². The van der Waals surface area contributed by atoms with E-state index < -0.39 is 52.3 Å². The SMILES string of the molecule is COCC1CC(Oc2nc(OCC34CCCN3CC(F)C4)nc3c(F)c(-c4ccc(F)c5sc(N)c(C#N)c45)c(C(F)(F)F)cc23)CN1. The van der Waals surface area contributed by atoms with Crippen molar-refractivity contribution in [3.05, 3.63) is 41.0 Å². The van der Waals surface area contributed by atoms with E-state index in [0.29, 0.717) is 49.9 Å². The molecule has 0 amide bonds. The molecule has 4 aromatic rings. The van der Waals surface area contributed by atoms with Crippen molar-refractivity contribution in [2.45, 2.75) is 55.7 Å². The van der Waals surface area contributed by atoms with E-state index in [4.69, 9.17) is 19.9 Å². The van der Waals surface area contributed by atoms with Crippen LogP contribution in [0.5, 0.6) is 11.9 Å². The molecule has 0 spiro atoms. The van der Waals surface area contributed by atoms with Crippen LogP contribution >= 0.6 is 11.3 Å². The van der Waals surface area contributed by atoms with Crippen LogP contribution in [-0.4, -0.2) is 78.7 Å². The number of thiophene rings is 1. The fraction of sp³-hybridized carbons (Fsp3) is 0.469. The van der Waals surface area contributed by atoms with Gasteiger partial charge in [0.2, 0.25) is 5.88 Å². The van der Waals surface area contributed by atoms with Gasteiger partial charge in [-0.05, 0) is 37.1 Å². The van der Waals surface area contributed by atoms with Crippen molar-refractivity contribution >= 4 is 37.3 Å². The van der Waals surface area contributed by atoms with Crippen molar-refractivity contribution < 1.29 is 40.6 Å². The molecule has 4 unspecified atom stereocenters. The number of nitrogens with zero attached hydrogens (tertiary/aromatic N) is 4. The summed E-state index contributed by atoms with van der Waals surface area (Å²) in [4.78, 5) is 10.6. The zero-order chi connectivity index (χ0) is 34.0. The minimum absolute atomic E-state index is 0.0212. The summed E-state index contributed by atoms with van der Waals surface area (Å²) in [6.45, 7) is 1.62. The molecule has 5 heterocycles. The highest BCUT2D eigenvalue weighted by Crippen LogP contribution is 2.48. The van der Waals surface area contributed by atoms with Gasteiger partial charge in [-0.2, -0.15) is 28.4 Å². The van der Waals surface area contributed by atoms with Gasteiger partial charge in [0.15, 0.2) is 5.82 Å². The average Bonchev–Trinajstić information content (AvgIpc) is 3.79. The third kappa shape index (κ3) is 5.56. The summed E-state index contributed by atoms with van der Waals surface area (Å²) in [5.41, 5.74) is 1.79. The summed E-state index contributed by atoms with van der Waals surface area (Å²) < 4.78 is 108. The van der Waals surface area contributed by atoms with E-state index in [2.05, 4.69) is 15.3 Å². The average molecular weight is 693 g/mol. The zero-order valence-electron chi connectivity index (χ0n) is 25.6. The van der Waals surface area contributed by atoms with Crippen LogP contribution in [0.4, 0.5) is 31.3 Å². The lowest BCUT2D eigenvalue weighted by atomic mass is 9.92. The first kappa shape index (κ1) is 32.6. The fourth-order valence-corrected chi connectivity index (χ4v) is 8.28. The number of rotatable bonds is 8. The summed E-state index contributed by atoms with van der Waals surface area (Å²) in [6.07, 6.45) is -4.54. The normalized spacial score (nSPS) is 24.4. The number of methoxy groups -OCH3 is 1. The number of hydrogen-bond acceptors (Lipinski definition) is 10. The van der Waals surface area contributed by atoms with Crippen LogP contribution in [0, 0.1) is 23.0 Å². The van der Waals surface area contributed by atoms with Crippen LogP contribution in [0.2, 0.25) is 0 Å². The Hall–Kier alpha value is -3.91. The summed E-state index contributed by atoms with van der Waals surface area (Å²) >= 11 is 0.679. The number of aromatic nitrogens is 2. The summed E-state index contributed by atoms with van der Waals surface area (Å²) in [6, 6.07) is 3.95. The standard InChI is InChI=1S/C32H30F6N6O3S/c1-45-13-16-7-17(11-41-16)47-29-19-8-21(32(36,37)38)24(18-3-4-22(34)27-23(18)20(10-39)28(40)48-27)25(35)26(19)42-30(43-29)46-14-31-5-2-6-44(31)12-15(33)9-31/h3-4,8,15-17,41H,2,5-7,9,11-14,40H2,1H3. The quantitative estimate of drug-likeness (QED) is 0.215. The van der Waals surface area contributed by atoms with Gasteiger partial charge >= 0.3 is 12.2 Å². The molecule has 7 rings (SSSR count). The lowest BCUT2D eigenvalue weighted by molar-refractivity contribution is -0.137. The molecule has 9 nitrogen and oxygen atoms in total. The van der Waals surface area contributed by atoms with E-state index in [1.807, 2.05) is 11.0 Å². The van der Waals surface area contributed by atoms with Crippen molar-refractivity contribution in [1.29, 1.82) is 5.26 Å². The number of nitrogen functional groups attached to an aromatic ring is 1. The number of halogens is 6. The Morgan fingerprint density at radius 2 is 2.06 bits per heavy atom. The Kier molecular flexibility index (Phi) is 8.30. The topological polar surface area (TPSA) is 119 Å². The molecule has 2 aromatic carbocycles. The van der Waals surface area contributed by atoms with Crippen LogP contribution in [0.15, 0.2) is 18.2 Å². The van der Waals surface area contributed by atoms with Gasteiger partial charge < -0.3 is 25.3 Å². The van der Waals surface area contributed by atoms with Gasteiger partial charge in [0.25, 0.3) is 0 Å². The highest BCUT2D eigenvalue weighted by atomic mass is 32.1. The van der Waals surface area contributed by atoms with Crippen molar-refractivity contribution in [2.75, 3.05) is 45.7 Å². The molecule has 3 saturated heterocycles. The maximum atomic E-state index is 16.9. The number of nitriles is 1. The number of ether oxygens (including phenoxy) is 3. The molecular weight excluding hydrogens is 662 g/mol. The molecule has 2 aromatic heterocycles. The predicted molar refractivity (Wildman–Crippen MR) is 166 cm³/mol. The molecule has 0 saturated carbocycles. The van der Waals surface area contributed by atoms with Crippen molar-refractivity contribution in [3.63, 3.8) is 0 Å². The molecule has 3 aliphatic heterocycles. The Bertz CT molecular complexity index is 1950.